The Hall–Kier alpha value is -1.16. The van der Waals surface area contributed by atoms with Crippen LogP contribution in [0.2, 0.25) is 0 Å². The molecule has 3 rings (SSSR count). The molecule has 1 aromatic rings. The zero-order chi connectivity index (χ0) is 13.2. The SMILES string of the molecule is CN(c1ncc(C2CCC2)cn1)C1CCC(O)CC1. The summed E-state index contributed by atoms with van der Waals surface area (Å²) in [6.45, 7) is 0. The maximum Gasteiger partial charge on any atom is 0.225 e. The number of hydrogen-bond donors (Lipinski definition) is 1. The van der Waals surface area contributed by atoms with Crippen molar-refractivity contribution in [2.45, 2.75) is 63.0 Å². The molecule has 0 aliphatic heterocycles. The number of aromatic nitrogens is 2. The Labute approximate surface area is 114 Å². The summed E-state index contributed by atoms with van der Waals surface area (Å²) in [5.41, 5.74) is 1.29. The van der Waals surface area contributed by atoms with Crippen molar-refractivity contribution in [2.24, 2.45) is 0 Å². The lowest BCUT2D eigenvalue weighted by atomic mass is 9.81. The highest BCUT2D eigenvalue weighted by Crippen LogP contribution is 2.35. The third-order valence-electron chi connectivity index (χ3n) is 4.76. The lowest BCUT2D eigenvalue weighted by Gasteiger charge is -2.33. The fraction of sp³-hybridized carbons (Fsp3) is 0.733. The Kier molecular flexibility index (Phi) is 3.69. The number of aliphatic hydroxyl groups is 1. The zero-order valence-electron chi connectivity index (χ0n) is 11.6. The molecule has 0 amide bonds. The zero-order valence-corrected chi connectivity index (χ0v) is 11.6. The van der Waals surface area contributed by atoms with Crippen molar-refractivity contribution < 1.29 is 5.11 Å². The third-order valence-corrected chi connectivity index (χ3v) is 4.76. The molecule has 2 aliphatic carbocycles. The second-order valence-corrected chi connectivity index (χ2v) is 6.02. The molecule has 0 unspecified atom stereocenters. The molecular weight excluding hydrogens is 238 g/mol. The molecule has 2 saturated carbocycles. The molecule has 2 aliphatic rings. The lowest BCUT2D eigenvalue weighted by Crippen LogP contribution is -2.37. The van der Waals surface area contributed by atoms with Crippen LogP contribution < -0.4 is 4.90 Å². The van der Waals surface area contributed by atoms with Gasteiger partial charge in [-0.05, 0) is 50.0 Å². The van der Waals surface area contributed by atoms with Gasteiger partial charge in [-0.1, -0.05) is 6.42 Å². The van der Waals surface area contributed by atoms with Crippen LogP contribution in [0.5, 0.6) is 0 Å². The summed E-state index contributed by atoms with van der Waals surface area (Å²) < 4.78 is 0. The molecule has 0 spiro atoms. The third kappa shape index (κ3) is 2.73. The highest BCUT2D eigenvalue weighted by molar-refractivity contribution is 5.31. The van der Waals surface area contributed by atoms with Gasteiger partial charge >= 0.3 is 0 Å². The second-order valence-electron chi connectivity index (χ2n) is 6.02. The Morgan fingerprint density at radius 3 is 2.21 bits per heavy atom. The maximum absolute atomic E-state index is 9.56. The Bertz CT molecular complexity index is 408. The van der Waals surface area contributed by atoms with E-state index in [1.165, 1.54) is 24.8 Å². The van der Waals surface area contributed by atoms with E-state index in [9.17, 15) is 5.11 Å². The van der Waals surface area contributed by atoms with Crippen LogP contribution in [0, 0.1) is 0 Å². The van der Waals surface area contributed by atoms with Crippen LogP contribution in [0.15, 0.2) is 12.4 Å². The van der Waals surface area contributed by atoms with Gasteiger partial charge in [-0.25, -0.2) is 9.97 Å². The smallest absolute Gasteiger partial charge is 0.225 e. The molecule has 0 bridgehead atoms. The van der Waals surface area contributed by atoms with Gasteiger partial charge in [0.15, 0.2) is 0 Å². The van der Waals surface area contributed by atoms with Crippen LogP contribution >= 0.6 is 0 Å². The number of aliphatic hydroxyl groups excluding tert-OH is 1. The van der Waals surface area contributed by atoms with Gasteiger partial charge in [-0.15, -0.1) is 0 Å². The van der Waals surface area contributed by atoms with E-state index in [0.717, 1.165) is 31.6 Å². The summed E-state index contributed by atoms with van der Waals surface area (Å²) >= 11 is 0. The summed E-state index contributed by atoms with van der Waals surface area (Å²) in [5, 5.41) is 9.56. The summed E-state index contributed by atoms with van der Waals surface area (Å²) in [5.74, 6) is 1.52. The summed E-state index contributed by atoms with van der Waals surface area (Å²) in [6.07, 6.45) is 11.7. The minimum atomic E-state index is -0.105. The van der Waals surface area contributed by atoms with E-state index in [2.05, 4.69) is 21.9 Å². The number of rotatable bonds is 3. The molecule has 4 nitrogen and oxygen atoms in total. The summed E-state index contributed by atoms with van der Waals surface area (Å²) in [6, 6.07) is 0.470. The fourth-order valence-corrected chi connectivity index (χ4v) is 3.07. The van der Waals surface area contributed by atoms with E-state index in [-0.39, 0.29) is 6.10 Å². The minimum absolute atomic E-state index is 0.105. The van der Waals surface area contributed by atoms with Crippen LogP contribution in [-0.2, 0) is 0 Å². The highest BCUT2D eigenvalue weighted by Gasteiger charge is 2.25. The van der Waals surface area contributed by atoms with Crippen LogP contribution in [0.4, 0.5) is 5.95 Å². The normalized spacial score (nSPS) is 27.9. The van der Waals surface area contributed by atoms with E-state index in [1.807, 2.05) is 12.4 Å². The predicted octanol–water partition coefficient (Wildman–Crippen LogP) is 2.48. The van der Waals surface area contributed by atoms with Crippen molar-refractivity contribution in [3.05, 3.63) is 18.0 Å². The molecule has 1 N–H and O–H groups in total. The number of nitrogens with zero attached hydrogens (tertiary/aromatic N) is 3. The Morgan fingerprint density at radius 2 is 1.68 bits per heavy atom. The van der Waals surface area contributed by atoms with Crippen LogP contribution in [0.3, 0.4) is 0 Å². The van der Waals surface area contributed by atoms with Gasteiger partial charge in [-0.3, -0.25) is 0 Å². The standard InChI is InChI=1S/C15H23N3O/c1-18(13-5-7-14(19)8-6-13)15-16-9-12(10-17-15)11-3-2-4-11/h9-11,13-14,19H,2-8H2,1H3. The predicted molar refractivity (Wildman–Crippen MR) is 75.3 cm³/mol. The summed E-state index contributed by atoms with van der Waals surface area (Å²) in [7, 11) is 2.07. The number of anilines is 1. The van der Waals surface area contributed by atoms with Crippen LogP contribution in [0.1, 0.15) is 56.4 Å². The summed E-state index contributed by atoms with van der Waals surface area (Å²) in [4.78, 5) is 11.2. The van der Waals surface area contributed by atoms with E-state index in [1.54, 1.807) is 0 Å². The average Bonchev–Trinajstić information content (AvgIpc) is 2.38. The monoisotopic (exact) mass is 261 g/mol. The van der Waals surface area contributed by atoms with Crippen molar-refractivity contribution in [2.75, 3.05) is 11.9 Å². The molecule has 0 saturated heterocycles. The Balaban J connectivity index is 1.64. The molecule has 0 radical (unpaired) electrons. The van der Waals surface area contributed by atoms with Gasteiger partial charge in [0.2, 0.25) is 5.95 Å². The van der Waals surface area contributed by atoms with Gasteiger partial charge in [0.1, 0.15) is 0 Å². The first-order valence-electron chi connectivity index (χ1n) is 7.47. The molecule has 1 heterocycles. The van der Waals surface area contributed by atoms with Crippen molar-refractivity contribution in [1.29, 1.82) is 0 Å². The van der Waals surface area contributed by atoms with Gasteiger partial charge in [0.05, 0.1) is 6.10 Å². The van der Waals surface area contributed by atoms with E-state index >= 15 is 0 Å². The van der Waals surface area contributed by atoms with E-state index in [4.69, 9.17) is 0 Å². The topological polar surface area (TPSA) is 49.2 Å². The minimum Gasteiger partial charge on any atom is -0.393 e. The van der Waals surface area contributed by atoms with Gasteiger partial charge in [0, 0.05) is 25.5 Å². The van der Waals surface area contributed by atoms with Gasteiger partial charge < -0.3 is 10.0 Å². The maximum atomic E-state index is 9.56. The number of hydrogen-bond acceptors (Lipinski definition) is 4. The van der Waals surface area contributed by atoms with Crippen molar-refractivity contribution >= 4 is 5.95 Å². The second kappa shape index (κ2) is 5.45. The van der Waals surface area contributed by atoms with Crippen molar-refractivity contribution in [3.63, 3.8) is 0 Å². The van der Waals surface area contributed by atoms with E-state index < -0.39 is 0 Å². The highest BCUT2D eigenvalue weighted by atomic mass is 16.3. The quantitative estimate of drug-likeness (QED) is 0.908. The molecule has 4 heteroatoms. The van der Waals surface area contributed by atoms with Gasteiger partial charge in [0.25, 0.3) is 0 Å². The molecular formula is C15H23N3O. The Morgan fingerprint density at radius 1 is 1.05 bits per heavy atom. The van der Waals surface area contributed by atoms with Gasteiger partial charge in [-0.2, -0.15) is 0 Å². The first-order chi connectivity index (χ1) is 9.24. The first kappa shape index (κ1) is 12.9. The van der Waals surface area contributed by atoms with Crippen molar-refractivity contribution in [1.82, 2.24) is 9.97 Å². The average molecular weight is 261 g/mol. The van der Waals surface area contributed by atoms with Crippen LogP contribution in [0.25, 0.3) is 0 Å². The molecule has 19 heavy (non-hydrogen) atoms. The van der Waals surface area contributed by atoms with Crippen LogP contribution in [-0.4, -0.2) is 34.3 Å². The molecule has 0 aromatic carbocycles. The van der Waals surface area contributed by atoms with Crippen molar-refractivity contribution in [3.8, 4) is 0 Å². The molecule has 0 atom stereocenters. The molecule has 2 fully saturated rings. The van der Waals surface area contributed by atoms with E-state index in [0.29, 0.717) is 12.0 Å². The molecule has 1 aromatic heterocycles. The fourth-order valence-electron chi connectivity index (χ4n) is 3.07. The largest absolute Gasteiger partial charge is 0.393 e. The molecule has 104 valence electrons. The lowest BCUT2D eigenvalue weighted by molar-refractivity contribution is 0.122. The first-order valence-corrected chi connectivity index (χ1v) is 7.47.